The second-order valence-corrected chi connectivity index (χ2v) is 6.32. The molecule has 5 heteroatoms. The molecule has 1 heterocycles. The first-order valence-electron chi connectivity index (χ1n) is 8.68. The zero-order chi connectivity index (χ0) is 18.1. The average Bonchev–Trinajstić information content (AvgIpc) is 3.08. The number of aliphatic imine (C=N–C) groups is 1. The summed E-state index contributed by atoms with van der Waals surface area (Å²) < 4.78 is 10.7. The maximum atomic E-state index is 5.44. The monoisotopic (exact) mass is 343 g/mol. The minimum absolute atomic E-state index is 0.541. The SMILES string of the molecule is C=C(CN1CCC(CCc2ccccc2OC)C1)/C(=N\C=C/N)OC. The molecule has 1 fully saturated rings. The molecule has 25 heavy (non-hydrogen) atoms. The van der Waals surface area contributed by atoms with Crippen LogP contribution in [0.4, 0.5) is 0 Å². The first-order valence-corrected chi connectivity index (χ1v) is 8.68. The number of likely N-dealkylation sites (tertiary alicyclic amines) is 1. The van der Waals surface area contributed by atoms with E-state index in [9.17, 15) is 0 Å². The summed E-state index contributed by atoms with van der Waals surface area (Å²) in [7, 11) is 3.34. The third-order valence-corrected chi connectivity index (χ3v) is 4.57. The highest BCUT2D eigenvalue weighted by atomic mass is 16.5. The molecule has 0 spiro atoms. The number of rotatable bonds is 8. The highest BCUT2D eigenvalue weighted by Crippen LogP contribution is 2.25. The van der Waals surface area contributed by atoms with E-state index in [0.717, 1.165) is 37.4 Å². The molecule has 0 saturated carbocycles. The zero-order valence-electron chi connectivity index (χ0n) is 15.3. The van der Waals surface area contributed by atoms with Gasteiger partial charge in [0.1, 0.15) is 5.75 Å². The second-order valence-electron chi connectivity index (χ2n) is 6.32. The van der Waals surface area contributed by atoms with E-state index >= 15 is 0 Å². The number of hydrogen-bond donors (Lipinski definition) is 1. The first-order chi connectivity index (χ1) is 12.2. The first kappa shape index (κ1) is 19.1. The number of methoxy groups -OCH3 is 2. The van der Waals surface area contributed by atoms with Crippen LogP contribution in [0.2, 0.25) is 0 Å². The molecule has 0 aromatic heterocycles. The number of ether oxygens (including phenoxy) is 2. The number of benzene rings is 1. The van der Waals surface area contributed by atoms with Crippen molar-refractivity contribution in [3.8, 4) is 5.75 Å². The Bertz CT molecular complexity index is 625. The minimum atomic E-state index is 0.541. The topological polar surface area (TPSA) is 60.1 Å². The van der Waals surface area contributed by atoms with E-state index < -0.39 is 0 Å². The third kappa shape index (κ3) is 5.64. The Hall–Kier alpha value is -2.27. The summed E-state index contributed by atoms with van der Waals surface area (Å²) >= 11 is 0. The fourth-order valence-electron chi connectivity index (χ4n) is 3.30. The van der Waals surface area contributed by atoms with Gasteiger partial charge in [-0.3, -0.25) is 4.90 Å². The summed E-state index contributed by atoms with van der Waals surface area (Å²) in [6.45, 7) is 7.03. The van der Waals surface area contributed by atoms with Crippen molar-refractivity contribution in [3.63, 3.8) is 0 Å². The molecule has 2 rings (SSSR count). The van der Waals surface area contributed by atoms with Gasteiger partial charge in [-0.2, -0.15) is 0 Å². The van der Waals surface area contributed by atoms with Gasteiger partial charge in [-0.15, -0.1) is 0 Å². The van der Waals surface area contributed by atoms with Crippen molar-refractivity contribution in [2.45, 2.75) is 19.3 Å². The Morgan fingerprint density at radius 3 is 2.92 bits per heavy atom. The van der Waals surface area contributed by atoms with Gasteiger partial charge in [0.2, 0.25) is 5.90 Å². The van der Waals surface area contributed by atoms with E-state index in [1.807, 2.05) is 12.1 Å². The van der Waals surface area contributed by atoms with E-state index in [1.54, 1.807) is 14.2 Å². The molecule has 1 atom stereocenters. The quantitative estimate of drug-likeness (QED) is 0.582. The predicted molar refractivity (Wildman–Crippen MR) is 103 cm³/mol. The summed E-state index contributed by atoms with van der Waals surface area (Å²) in [6.07, 6.45) is 6.34. The van der Waals surface area contributed by atoms with Crippen molar-refractivity contribution in [2.24, 2.45) is 16.6 Å². The average molecular weight is 343 g/mol. The highest BCUT2D eigenvalue weighted by molar-refractivity contribution is 5.93. The van der Waals surface area contributed by atoms with Crippen LogP contribution in [0.3, 0.4) is 0 Å². The van der Waals surface area contributed by atoms with Crippen LogP contribution in [-0.4, -0.2) is 44.7 Å². The molecule has 0 aliphatic carbocycles. The van der Waals surface area contributed by atoms with Gasteiger partial charge in [-0.25, -0.2) is 4.99 Å². The van der Waals surface area contributed by atoms with Gasteiger partial charge < -0.3 is 15.2 Å². The number of nitrogens with two attached hydrogens (primary N) is 1. The molecule has 1 aromatic rings. The largest absolute Gasteiger partial charge is 0.496 e. The van der Waals surface area contributed by atoms with Crippen LogP contribution in [0.25, 0.3) is 0 Å². The van der Waals surface area contributed by atoms with Crippen LogP contribution in [0.15, 0.2) is 53.8 Å². The summed E-state index contributed by atoms with van der Waals surface area (Å²) in [6, 6.07) is 8.27. The lowest BCUT2D eigenvalue weighted by atomic mass is 9.98. The fourth-order valence-corrected chi connectivity index (χ4v) is 3.30. The maximum absolute atomic E-state index is 5.44. The van der Waals surface area contributed by atoms with E-state index in [1.165, 1.54) is 30.8 Å². The predicted octanol–water partition coefficient (Wildman–Crippen LogP) is 2.98. The molecule has 1 aromatic carbocycles. The summed E-state index contributed by atoms with van der Waals surface area (Å²) in [4.78, 5) is 6.58. The number of para-hydroxylation sites is 1. The molecule has 1 aliphatic heterocycles. The van der Waals surface area contributed by atoms with E-state index in [2.05, 4.69) is 28.6 Å². The Morgan fingerprint density at radius 1 is 1.40 bits per heavy atom. The Kier molecular flexibility index (Phi) is 7.54. The van der Waals surface area contributed by atoms with Crippen LogP contribution in [0, 0.1) is 5.92 Å². The van der Waals surface area contributed by atoms with Crippen molar-refractivity contribution in [3.05, 3.63) is 54.4 Å². The van der Waals surface area contributed by atoms with Crippen LogP contribution >= 0.6 is 0 Å². The molecule has 0 amide bonds. The molecule has 5 nitrogen and oxygen atoms in total. The maximum Gasteiger partial charge on any atom is 0.216 e. The van der Waals surface area contributed by atoms with Gasteiger partial charge >= 0.3 is 0 Å². The Labute approximate surface area is 150 Å². The molecule has 2 N–H and O–H groups in total. The summed E-state index contributed by atoms with van der Waals surface area (Å²) in [5.41, 5.74) is 7.49. The van der Waals surface area contributed by atoms with Crippen molar-refractivity contribution in [1.29, 1.82) is 0 Å². The van der Waals surface area contributed by atoms with E-state index in [-0.39, 0.29) is 0 Å². The number of hydrogen-bond acceptors (Lipinski definition) is 5. The van der Waals surface area contributed by atoms with Crippen LogP contribution in [-0.2, 0) is 11.2 Å². The second kappa shape index (κ2) is 9.89. The third-order valence-electron chi connectivity index (χ3n) is 4.57. The molecular weight excluding hydrogens is 314 g/mol. The van der Waals surface area contributed by atoms with Crippen LogP contribution in [0.5, 0.6) is 5.75 Å². The molecule has 1 saturated heterocycles. The smallest absolute Gasteiger partial charge is 0.216 e. The zero-order valence-corrected chi connectivity index (χ0v) is 15.3. The van der Waals surface area contributed by atoms with Gasteiger partial charge in [-0.1, -0.05) is 24.8 Å². The molecule has 0 radical (unpaired) electrons. The van der Waals surface area contributed by atoms with Crippen LogP contribution in [0.1, 0.15) is 18.4 Å². The molecule has 136 valence electrons. The molecular formula is C20H29N3O2. The van der Waals surface area contributed by atoms with Crippen molar-refractivity contribution in [1.82, 2.24) is 4.90 Å². The summed E-state index contributed by atoms with van der Waals surface area (Å²) in [5.74, 6) is 2.23. The van der Waals surface area contributed by atoms with Gasteiger partial charge in [0.05, 0.1) is 14.2 Å². The van der Waals surface area contributed by atoms with Crippen molar-refractivity contribution < 1.29 is 9.47 Å². The van der Waals surface area contributed by atoms with Crippen molar-refractivity contribution >= 4 is 5.90 Å². The lowest BCUT2D eigenvalue weighted by molar-refractivity contribution is 0.340. The van der Waals surface area contributed by atoms with E-state index in [4.69, 9.17) is 15.2 Å². The standard InChI is InChI=1S/C20H29N3O2/c1-16(20(25-3)22-12-11-21)14-23-13-10-17(15-23)8-9-18-6-4-5-7-19(18)24-2/h4-7,11-12,17H,1,8-10,13-15,21H2,2-3H3/b12-11-,22-20+. The van der Waals surface area contributed by atoms with E-state index in [0.29, 0.717) is 11.8 Å². The lowest BCUT2D eigenvalue weighted by Gasteiger charge is -2.18. The molecule has 1 aliphatic rings. The minimum Gasteiger partial charge on any atom is -0.496 e. The van der Waals surface area contributed by atoms with Crippen LogP contribution < -0.4 is 10.5 Å². The molecule has 0 bridgehead atoms. The fraction of sp³-hybridized carbons (Fsp3) is 0.450. The summed E-state index contributed by atoms with van der Waals surface area (Å²) in [5, 5.41) is 0. The number of nitrogens with zero attached hydrogens (tertiary/aromatic N) is 2. The van der Waals surface area contributed by atoms with Gasteiger partial charge in [-0.05, 0) is 43.4 Å². The normalized spacial score (nSPS) is 18.6. The highest BCUT2D eigenvalue weighted by Gasteiger charge is 2.23. The number of aryl methyl sites for hydroxylation is 1. The Morgan fingerprint density at radius 2 is 2.20 bits per heavy atom. The van der Waals surface area contributed by atoms with Gasteiger partial charge in [0, 0.05) is 31.1 Å². The van der Waals surface area contributed by atoms with Gasteiger partial charge in [0.25, 0.3) is 0 Å². The molecule has 1 unspecified atom stereocenters. The van der Waals surface area contributed by atoms with Crippen molar-refractivity contribution in [2.75, 3.05) is 33.9 Å². The Balaban J connectivity index is 1.82. The van der Waals surface area contributed by atoms with Gasteiger partial charge in [0.15, 0.2) is 0 Å². The lowest BCUT2D eigenvalue weighted by Crippen LogP contribution is -2.26.